The third-order valence-electron chi connectivity index (χ3n) is 5.04. The Labute approximate surface area is 135 Å². The van der Waals surface area contributed by atoms with Crippen molar-refractivity contribution in [3.63, 3.8) is 0 Å². The molecule has 2 rings (SSSR count). The second-order valence-electron chi connectivity index (χ2n) is 7.57. The number of nitrogens with two attached hydrogens (primary N) is 1. The smallest absolute Gasteiger partial charge is 0.188 e. The van der Waals surface area contributed by atoms with Gasteiger partial charge in [-0.1, -0.05) is 13.8 Å². The average molecular weight is 310 g/mol. The van der Waals surface area contributed by atoms with E-state index in [0.717, 1.165) is 58.3 Å². The molecule has 1 saturated heterocycles. The molecule has 22 heavy (non-hydrogen) atoms. The van der Waals surface area contributed by atoms with E-state index in [9.17, 15) is 0 Å². The van der Waals surface area contributed by atoms with Crippen molar-refractivity contribution in [2.24, 2.45) is 22.1 Å². The maximum atomic E-state index is 5.97. The summed E-state index contributed by atoms with van der Waals surface area (Å²) in [6.07, 6.45) is 6.33. The summed E-state index contributed by atoms with van der Waals surface area (Å²) in [4.78, 5) is 6.98. The molecular formula is C17H34N4O. The summed E-state index contributed by atoms with van der Waals surface area (Å²) in [6, 6.07) is 0. The average Bonchev–Trinajstić information content (AvgIpc) is 2.51. The van der Waals surface area contributed by atoms with Crippen molar-refractivity contribution in [3.05, 3.63) is 0 Å². The molecule has 0 amide bonds. The lowest BCUT2D eigenvalue weighted by molar-refractivity contribution is 0.0376. The van der Waals surface area contributed by atoms with Gasteiger partial charge in [0.1, 0.15) is 0 Å². The van der Waals surface area contributed by atoms with Crippen LogP contribution in [0.25, 0.3) is 0 Å². The van der Waals surface area contributed by atoms with Crippen molar-refractivity contribution in [2.45, 2.75) is 46.0 Å². The SMILES string of the molecule is CC1(C)CCC(CN=C(N)NCCCN2CCOCC2)CC1. The number of guanidine groups is 1. The molecule has 0 aromatic rings. The minimum absolute atomic E-state index is 0.531. The number of nitrogens with zero attached hydrogens (tertiary/aromatic N) is 2. The quantitative estimate of drug-likeness (QED) is 0.446. The van der Waals surface area contributed by atoms with Gasteiger partial charge in [-0.3, -0.25) is 9.89 Å². The third-order valence-corrected chi connectivity index (χ3v) is 5.04. The highest BCUT2D eigenvalue weighted by atomic mass is 16.5. The van der Waals surface area contributed by atoms with Crippen LogP contribution in [0.2, 0.25) is 0 Å². The predicted molar refractivity (Wildman–Crippen MR) is 92.1 cm³/mol. The van der Waals surface area contributed by atoms with E-state index in [1.165, 1.54) is 25.7 Å². The van der Waals surface area contributed by atoms with E-state index in [4.69, 9.17) is 10.5 Å². The largest absolute Gasteiger partial charge is 0.379 e. The number of nitrogens with one attached hydrogen (secondary N) is 1. The molecule has 1 aliphatic heterocycles. The van der Waals surface area contributed by atoms with Crippen LogP contribution < -0.4 is 11.1 Å². The number of rotatable bonds is 6. The highest BCUT2D eigenvalue weighted by molar-refractivity contribution is 5.77. The molecule has 0 aromatic heterocycles. The molecule has 0 bridgehead atoms. The number of hydrogen-bond donors (Lipinski definition) is 2. The fourth-order valence-corrected chi connectivity index (χ4v) is 3.27. The molecular weight excluding hydrogens is 276 g/mol. The van der Waals surface area contributed by atoms with Crippen molar-refractivity contribution in [3.8, 4) is 0 Å². The minimum Gasteiger partial charge on any atom is -0.379 e. The molecule has 5 heteroatoms. The van der Waals surface area contributed by atoms with Gasteiger partial charge in [0.05, 0.1) is 13.2 Å². The summed E-state index contributed by atoms with van der Waals surface area (Å²) < 4.78 is 5.35. The molecule has 2 aliphatic rings. The van der Waals surface area contributed by atoms with Crippen LogP contribution in [0, 0.1) is 11.3 Å². The third kappa shape index (κ3) is 6.53. The molecule has 128 valence electrons. The van der Waals surface area contributed by atoms with Crippen molar-refractivity contribution in [1.29, 1.82) is 0 Å². The van der Waals surface area contributed by atoms with Gasteiger partial charge in [0.2, 0.25) is 0 Å². The van der Waals surface area contributed by atoms with E-state index in [1.807, 2.05) is 0 Å². The first-order valence-electron chi connectivity index (χ1n) is 8.89. The monoisotopic (exact) mass is 310 g/mol. The van der Waals surface area contributed by atoms with Gasteiger partial charge in [-0.25, -0.2) is 0 Å². The van der Waals surface area contributed by atoms with Gasteiger partial charge in [0.25, 0.3) is 0 Å². The van der Waals surface area contributed by atoms with Crippen LogP contribution >= 0.6 is 0 Å². The van der Waals surface area contributed by atoms with E-state index in [-0.39, 0.29) is 0 Å². The van der Waals surface area contributed by atoms with Crippen molar-refractivity contribution in [1.82, 2.24) is 10.2 Å². The van der Waals surface area contributed by atoms with E-state index in [2.05, 4.69) is 29.1 Å². The summed E-state index contributed by atoms with van der Waals surface area (Å²) in [5.41, 5.74) is 6.50. The molecule has 5 nitrogen and oxygen atoms in total. The van der Waals surface area contributed by atoms with Gasteiger partial charge in [-0.2, -0.15) is 0 Å². The predicted octanol–water partition coefficient (Wildman–Crippen LogP) is 1.83. The first kappa shape index (κ1) is 17.5. The normalized spacial score (nSPS) is 24.4. The van der Waals surface area contributed by atoms with Crippen molar-refractivity contribution >= 4 is 5.96 Å². The van der Waals surface area contributed by atoms with E-state index >= 15 is 0 Å². The van der Waals surface area contributed by atoms with Crippen LogP contribution in [0.3, 0.4) is 0 Å². The summed E-state index contributed by atoms with van der Waals surface area (Å²) in [6.45, 7) is 11.5. The Kier molecular flexibility index (Phi) is 6.96. The highest BCUT2D eigenvalue weighted by Crippen LogP contribution is 2.37. The standard InChI is InChI=1S/C17H34N4O/c1-17(2)6-4-15(5-7-17)14-20-16(18)19-8-3-9-21-10-12-22-13-11-21/h15H,3-14H2,1-2H3,(H3,18,19,20). The number of ether oxygens (including phenoxy) is 1. The van der Waals surface area contributed by atoms with Gasteiger partial charge in [-0.05, 0) is 50.0 Å². The van der Waals surface area contributed by atoms with Crippen LogP contribution in [0.1, 0.15) is 46.0 Å². The zero-order chi connectivity index (χ0) is 15.8. The van der Waals surface area contributed by atoms with E-state index in [0.29, 0.717) is 11.4 Å². The van der Waals surface area contributed by atoms with Crippen LogP contribution in [0.15, 0.2) is 4.99 Å². The van der Waals surface area contributed by atoms with Crippen LogP contribution in [0.5, 0.6) is 0 Å². The maximum absolute atomic E-state index is 5.97. The lowest BCUT2D eigenvalue weighted by Gasteiger charge is -2.33. The summed E-state index contributed by atoms with van der Waals surface area (Å²) in [7, 11) is 0. The van der Waals surface area contributed by atoms with Crippen LogP contribution in [-0.2, 0) is 4.74 Å². The summed E-state index contributed by atoms with van der Waals surface area (Å²) in [5.74, 6) is 1.34. The Bertz CT molecular complexity index is 341. The van der Waals surface area contributed by atoms with Crippen molar-refractivity contribution in [2.75, 3.05) is 45.9 Å². The Morgan fingerprint density at radius 3 is 2.64 bits per heavy atom. The number of morpholine rings is 1. The molecule has 1 aliphatic carbocycles. The van der Waals surface area contributed by atoms with Gasteiger partial charge in [0.15, 0.2) is 5.96 Å². The number of hydrogen-bond acceptors (Lipinski definition) is 3. The molecule has 1 saturated carbocycles. The van der Waals surface area contributed by atoms with Gasteiger partial charge in [0, 0.05) is 26.2 Å². The number of aliphatic imine (C=N–C) groups is 1. The molecule has 0 unspecified atom stereocenters. The van der Waals surface area contributed by atoms with Gasteiger partial charge >= 0.3 is 0 Å². The topological polar surface area (TPSA) is 62.9 Å². The fourth-order valence-electron chi connectivity index (χ4n) is 3.27. The van der Waals surface area contributed by atoms with Crippen LogP contribution in [0.4, 0.5) is 0 Å². The molecule has 0 aromatic carbocycles. The Balaban J connectivity index is 1.54. The Hall–Kier alpha value is -0.810. The van der Waals surface area contributed by atoms with Gasteiger partial charge in [-0.15, -0.1) is 0 Å². The highest BCUT2D eigenvalue weighted by Gasteiger charge is 2.26. The molecule has 3 N–H and O–H groups in total. The van der Waals surface area contributed by atoms with E-state index in [1.54, 1.807) is 0 Å². The molecule has 0 radical (unpaired) electrons. The zero-order valence-corrected chi connectivity index (χ0v) is 14.4. The molecule has 0 spiro atoms. The fraction of sp³-hybridized carbons (Fsp3) is 0.941. The second kappa shape index (κ2) is 8.73. The van der Waals surface area contributed by atoms with Crippen molar-refractivity contribution < 1.29 is 4.74 Å². The molecule has 1 heterocycles. The minimum atomic E-state index is 0.531. The first-order valence-corrected chi connectivity index (χ1v) is 8.89. The van der Waals surface area contributed by atoms with Gasteiger partial charge < -0.3 is 15.8 Å². The van der Waals surface area contributed by atoms with Crippen LogP contribution in [-0.4, -0.2) is 56.8 Å². The Morgan fingerprint density at radius 2 is 1.95 bits per heavy atom. The second-order valence-corrected chi connectivity index (χ2v) is 7.57. The maximum Gasteiger partial charge on any atom is 0.188 e. The lowest BCUT2D eigenvalue weighted by atomic mass is 9.73. The summed E-state index contributed by atoms with van der Waals surface area (Å²) >= 11 is 0. The van der Waals surface area contributed by atoms with E-state index < -0.39 is 0 Å². The Morgan fingerprint density at radius 1 is 1.27 bits per heavy atom. The molecule has 2 fully saturated rings. The zero-order valence-electron chi connectivity index (χ0n) is 14.4. The lowest BCUT2D eigenvalue weighted by Crippen LogP contribution is -2.39. The first-order chi connectivity index (χ1) is 10.6. The molecule has 0 atom stereocenters. The summed E-state index contributed by atoms with van der Waals surface area (Å²) in [5, 5.41) is 3.25.